The van der Waals surface area contributed by atoms with Gasteiger partial charge in [0, 0.05) is 48.6 Å². The molecule has 3 aromatic heterocycles. The highest BCUT2D eigenvalue weighted by atomic mass is 79.9. The molecule has 3 aromatic carbocycles. The van der Waals surface area contributed by atoms with Crippen LogP contribution in [0.25, 0.3) is 28.2 Å². The first kappa shape index (κ1) is 33.0. The van der Waals surface area contributed by atoms with Crippen molar-refractivity contribution in [3.05, 3.63) is 115 Å². The fraction of sp³-hybridized carbons (Fsp3) is 0.235. The minimum atomic E-state index is -4.70. The fourth-order valence-corrected chi connectivity index (χ4v) is 6.59. The molecule has 50 heavy (non-hydrogen) atoms. The van der Waals surface area contributed by atoms with Crippen LogP contribution in [0.5, 0.6) is 0 Å². The van der Waals surface area contributed by atoms with E-state index in [1.54, 1.807) is 63.2 Å². The molecule has 16 heteroatoms. The smallest absolute Gasteiger partial charge is 0.417 e. The molecule has 0 spiro atoms. The number of halogens is 4. The van der Waals surface area contributed by atoms with E-state index in [9.17, 15) is 27.6 Å². The number of hydrogen-bond acceptors (Lipinski definition) is 8. The third-order valence-corrected chi connectivity index (χ3v) is 9.18. The highest BCUT2D eigenvalue weighted by molar-refractivity contribution is 9.10. The van der Waals surface area contributed by atoms with E-state index in [2.05, 4.69) is 36.4 Å². The van der Waals surface area contributed by atoms with Gasteiger partial charge < -0.3 is 19.1 Å². The van der Waals surface area contributed by atoms with Crippen LogP contribution in [0.15, 0.2) is 78.8 Å². The molecule has 0 bridgehead atoms. The Balaban J connectivity index is 1.30. The number of hydrogen-bond donors (Lipinski definition) is 1. The SMILES string of the molecule is Cc1nnc(-c2ccccc2CNC(=O)c2c3n(c(=O)n2-c2ccc4oc(C)nc4c2)C[C@H](C)N(C(=O)c2ccc(Br)c(C(F)(F)F)c2)C3)o1. The van der Waals surface area contributed by atoms with E-state index in [4.69, 9.17) is 8.83 Å². The largest absolute Gasteiger partial charge is 0.441 e. The molecular formula is C34H27BrF3N7O5. The molecule has 0 saturated heterocycles. The number of nitrogens with zero attached hydrogens (tertiary/aromatic N) is 6. The Morgan fingerprint density at radius 3 is 2.54 bits per heavy atom. The second-order valence-electron chi connectivity index (χ2n) is 11.8. The molecule has 1 atom stereocenters. The Kier molecular flexibility index (Phi) is 8.20. The van der Waals surface area contributed by atoms with Crippen LogP contribution in [-0.2, 0) is 25.8 Å². The summed E-state index contributed by atoms with van der Waals surface area (Å²) in [6.45, 7) is 4.80. The van der Waals surface area contributed by atoms with Crippen LogP contribution in [0.1, 0.15) is 56.4 Å². The van der Waals surface area contributed by atoms with Crippen LogP contribution in [0.3, 0.4) is 0 Å². The average molecular weight is 751 g/mol. The lowest BCUT2D eigenvalue weighted by molar-refractivity contribution is -0.138. The number of benzene rings is 3. The molecule has 0 saturated carbocycles. The van der Waals surface area contributed by atoms with Crippen molar-refractivity contribution in [2.75, 3.05) is 0 Å². The van der Waals surface area contributed by atoms with Gasteiger partial charge >= 0.3 is 11.9 Å². The van der Waals surface area contributed by atoms with Gasteiger partial charge in [0.2, 0.25) is 11.8 Å². The van der Waals surface area contributed by atoms with Gasteiger partial charge in [0.1, 0.15) is 11.2 Å². The highest BCUT2D eigenvalue weighted by Gasteiger charge is 2.37. The number of aromatic nitrogens is 5. The molecule has 1 aliphatic heterocycles. The summed E-state index contributed by atoms with van der Waals surface area (Å²) in [5.41, 5.74) is 1.00. The van der Waals surface area contributed by atoms with E-state index in [1.807, 2.05) is 0 Å². The van der Waals surface area contributed by atoms with Gasteiger partial charge in [-0.2, -0.15) is 13.2 Å². The first-order valence-electron chi connectivity index (χ1n) is 15.4. The van der Waals surface area contributed by atoms with E-state index in [0.29, 0.717) is 39.7 Å². The zero-order valence-corrected chi connectivity index (χ0v) is 28.3. The van der Waals surface area contributed by atoms with Gasteiger partial charge in [-0.15, -0.1) is 10.2 Å². The Hall–Kier alpha value is -5.51. The van der Waals surface area contributed by atoms with Crippen LogP contribution >= 0.6 is 15.9 Å². The summed E-state index contributed by atoms with van der Waals surface area (Å²) in [4.78, 5) is 47.9. The van der Waals surface area contributed by atoms with Gasteiger partial charge in [-0.25, -0.2) is 9.78 Å². The summed E-state index contributed by atoms with van der Waals surface area (Å²) in [6.07, 6.45) is -4.70. The third kappa shape index (κ3) is 5.88. The maximum Gasteiger partial charge on any atom is 0.417 e. The molecule has 2 amide bonds. The normalized spacial score (nSPS) is 14.6. The van der Waals surface area contributed by atoms with E-state index >= 15 is 0 Å². The lowest BCUT2D eigenvalue weighted by Crippen LogP contribution is -2.47. The molecule has 6 aromatic rings. The third-order valence-electron chi connectivity index (χ3n) is 8.49. The second kappa shape index (κ2) is 12.4. The van der Waals surface area contributed by atoms with Crippen molar-refractivity contribution in [2.24, 2.45) is 0 Å². The summed E-state index contributed by atoms with van der Waals surface area (Å²) >= 11 is 2.92. The summed E-state index contributed by atoms with van der Waals surface area (Å²) in [5, 5.41) is 10.9. The van der Waals surface area contributed by atoms with Crippen molar-refractivity contribution >= 4 is 38.8 Å². The highest BCUT2D eigenvalue weighted by Crippen LogP contribution is 2.36. The Labute approximate surface area is 289 Å². The first-order chi connectivity index (χ1) is 23.8. The maximum absolute atomic E-state index is 14.2. The monoisotopic (exact) mass is 749 g/mol. The number of nitrogens with one attached hydrogen (secondary N) is 1. The topological polar surface area (TPSA) is 141 Å². The fourth-order valence-electron chi connectivity index (χ4n) is 6.12. The van der Waals surface area contributed by atoms with Crippen molar-refractivity contribution in [1.82, 2.24) is 34.5 Å². The lowest BCUT2D eigenvalue weighted by atomic mass is 10.1. The van der Waals surface area contributed by atoms with Crippen molar-refractivity contribution in [2.45, 2.75) is 52.6 Å². The van der Waals surface area contributed by atoms with Gasteiger partial charge in [0.05, 0.1) is 23.5 Å². The van der Waals surface area contributed by atoms with Crippen molar-refractivity contribution in [3.8, 4) is 17.1 Å². The van der Waals surface area contributed by atoms with Gasteiger partial charge in [-0.3, -0.25) is 18.7 Å². The zero-order valence-electron chi connectivity index (χ0n) is 26.7. The first-order valence-corrected chi connectivity index (χ1v) is 16.2. The van der Waals surface area contributed by atoms with Crippen molar-refractivity contribution in [3.63, 3.8) is 0 Å². The number of alkyl halides is 3. The van der Waals surface area contributed by atoms with E-state index in [-0.39, 0.29) is 46.9 Å². The lowest BCUT2D eigenvalue weighted by Gasteiger charge is -2.34. The Morgan fingerprint density at radius 1 is 1.02 bits per heavy atom. The Bertz CT molecular complexity index is 2370. The van der Waals surface area contributed by atoms with Gasteiger partial charge in [-0.05, 0) is 55.0 Å². The quantitative estimate of drug-likeness (QED) is 0.212. The van der Waals surface area contributed by atoms with Crippen molar-refractivity contribution < 1.29 is 31.6 Å². The molecule has 1 N–H and O–H groups in total. The number of oxazole rings is 1. The molecule has 1 aliphatic rings. The predicted octanol–water partition coefficient (Wildman–Crippen LogP) is 6.20. The molecule has 0 radical (unpaired) electrons. The minimum absolute atomic E-state index is 0.00885. The van der Waals surface area contributed by atoms with Gasteiger partial charge in [-0.1, -0.05) is 34.1 Å². The maximum atomic E-state index is 14.2. The van der Waals surface area contributed by atoms with Crippen LogP contribution in [0, 0.1) is 13.8 Å². The van der Waals surface area contributed by atoms with Gasteiger partial charge in [0.15, 0.2) is 11.5 Å². The average Bonchev–Trinajstić information content (AvgIpc) is 3.76. The summed E-state index contributed by atoms with van der Waals surface area (Å²) < 4.78 is 54.8. The number of fused-ring (bicyclic) bond motifs is 2. The number of carbonyl (C=O) groups excluding carboxylic acids is 2. The molecule has 0 fully saturated rings. The van der Waals surface area contributed by atoms with Gasteiger partial charge in [0.25, 0.3) is 11.8 Å². The van der Waals surface area contributed by atoms with Crippen molar-refractivity contribution in [1.29, 1.82) is 0 Å². The number of aryl methyl sites for hydroxylation is 2. The molecule has 12 nitrogen and oxygen atoms in total. The standard InChI is InChI=1S/C34H27BrF3N7O5/c1-17-15-44-27(16-43(17)32(47)20-8-10-25(35)24(12-20)34(36,37)38)29(45(33(44)48)22-9-11-28-26(13-22)40-18(2)49-28)30(46)39-14-21-6-4-5-7-23(21)31-42-41-19(3)50-31/h4-13,17H,14-16H2,1-3H3,(H,39,46)/t17-/m0/s1. The molecule has 4 heterocycles. The Morgan fingerprint density at radius 2 is 1.80 bits per heavy atom. The number of rotatable bonds is 6. The second-order valence-corrected chi connectivity index (χ2v) is 12.7. The predicted molar refractivity (Wildman–Crippen MR) is 176 cm³/mol. The molecule has 0 aliphatic carbocycles. The molecule has 256 valence electrons. The number of amides is 2. The van der Waals surface area contributed by atoms with Crippen LogP contribution in [0.2, 0.25) is 0 Å². The zero-order chi connectivity index (χ0) is 35.5. The summed E-state index contributed by atoms with van der Waals surface area (Å²) in [6, 6.07) is 14.7. The van der Waals surface area contributed by atoms with E-state index < -0.39 is 35.3 Å². The number of imidazole rings is 1. The molecular weight excluding hydrogens is 723 g/mol. The molecule has 7 rings (SSSR count). The van der Waals surface area contributed by atoms with Crippen LogP contribution in [0.4, 0.5) is 13.2 Å². The molecule has 0 unspecified atom stereocenters. The van der Waals surface area contributed by atoms with Crippen LogP contribution in [-0.4, -0.2) is 47.1 Å². The minimum Gasteiger partial charge on any atom is -0.441 e. The van der Waals surface area contributed by atoms with E-state index in [0.717, 1.165) is 6.07 Å². The summed E-state index contributed by atoms with van der Waals surface area (Å²) in [5.74, 6) is -0.260. The number of carbonyl (C=O) groups is 2. The van der Waals surface area contributed by atoms with Crippen LogP contribution < -0.4 is 11.0 Å². The summed E-state index contributed by atoms with van der Waals surface area (Å²) in [7, 11) is 0. The van der Waals surface area contributed by atoms with E-state index in [1.165, 1.54) is 26.2 Å².